The maximum absolute atomic E-state index is 6.01. The summed E-state index contributed by atoms with van der Waals surface area (Å²) in [6, 6.07) is 10.9. The number of benzene rings is 1. The van der Waals surface area contributed by atoms with Gasteiger partial charge in [0.25, 0.3) is 0 Å². The summed E-state index contributed by atoms with van der Waals surface area (Å²) in [6.07, 6.45) is 6.86. The largest absolute Gasteiger partial charge is 0.330 e. The van der Waals surface area contributed by atoms with Crippen molar-refractivity contribution in [2.75, 3.05) is 13.1 Å². The second kappa shape index (κ2) is 4.60. The van der Waals surface area contributed by atoms with Gasteiger partial charge in [0.1, 0.15) is 0 Å². The maximum Gasteiger partial charge on any atom is 0.0391 e. The molecule has 2 N–H and O–H groups in total. The highest BCUT2D eigenvalue weighted by Crippen LogP contribution is 2.45. The van der Waals surface area contributed by atoms with E-state index in [0.29, 0.717) is 12.0 Å². The first-order valence-electron chi connectivity index (χ1n) is 7.92. The standard InChI is InChI=1S/C17H24N2/c18-11-15-9-10-19(16-7-8-16)17(15)14-5-3-13(4-6-14)12-1-2-12/h3-6,12,15-17H,1-2,7-11,18H2. The van der Waals surface area contributed by atoms with Crippen LogP contribution in [-0.4, -0.2) is 24.0 Å². The third kappa shape index (κ3) is 2.21. The molecule has 3 fully saturated rings. The predicted molar refractivity (Wildman–Crippen MR) is 78.0 cm³/mol. The molecule has 2 nitrogen and oxygen atoms in total. The van der Waals surface area contributed by atoms with Crippen molar-refractivity contribution in [1.29, 1.82) is 0 Å². The van der Waals surface area contributed by atoms with E-state index in [-0.39, 0.29) is 0 Å². The van der Waals surface area contributed by atoms with Crippen LogP contribution in [0.15, 0.2) is 24.3 Å². The van der Waals surface area contributed by atoms with Gasteiger partial charge in [-0.15, -0.1) is 0 Å². The van der Waals surface area contributed by atoms with E-state index >= 15 is 0 Å². The number of likely N-dealkylation sites (tertiary alicyclic amines) is 1. The van der Waals surface area contributed by atoms with E-state index in [0.717, 1.165) is 18.5 Å². The average molecular weight is 256 g/mol. The first-order valence-corrected chi connectivity index (χ1v) is 7.92. The Labute approximate surface area is 116 Å². The van der Waals surface area contributed by atoms with Crippen LogP contribution in [0.3, 0.4) is 0 Å². The zero-order valence-electron chi connectivity index (χ0n) is 11.6. The van der Waals surface area contributed by atoms with E-state index < -0.39 is 0 Å². The van der Waals surface area contributed by atoms with Crippen LogP contribution in [0.25, 0.3) is 0 Å². The second-order valence-electron chi connectivity index (χ2n) is 6.64. The molecule has 102 valence electrons. The second-order valence-corrected chi connectivity index (χ2v) is 6.64. The lowest BCUT2D eigenvalue weighted by molar-refractivity contribution is 0.220. The lowest BCUT2D eigenvalue weighted by Gasteiger charge is -2.28. The number of nitrogens with two attached hydrogens (primary N) is 1. The molecule has 0 spiro atoms. The van der Waals surface area contributed by atoms with E-state index in [2.05, 4.69) is 29.2 Å². The van der Waals surface area contributed by atoms with E-state index in [1.807, 2.05) is 0 Å². The molecule has 2 atom stereocenters. The Morgan fingerprint density at radius 3 is 2.21 bits per heavy atom. The van der Waals surface area contributed by atoms with Crippen molar-refractivity contribution in [2.24, 2.45) is 11.7 Å². The average Bonchev–Trinajstić information content (AvgIpc) is 3.36. The molecule has 2 aliphatic carbocycles. The fraction of sp³-hybridized carbons (Fsp3) is 0.647. The van der Waals surface area contributed by atoms with Crippen molar-refractivity contribution in [3.63, 3.8) is 0 Å². The molecular weight excluding hydrogens is 232 g/mol. The monoisotopic (exact) mass is 256 g/mol. The van der Waals surface area contributed by atoms with Crippen molar-refractivity contribution in [3.05, 3.63) is 35.4 Å². The summed E-state index contributed by atoms with van der Waals surface area (Å²) >= 11 is 0. The Morgan fingerprint density at radius 1 is 0.947 bits per heavy atom. The lowest BCUT2D eigenvalue weighted by atomic mass is 9.92. The molecule has 2 unspecified atom stereocenters. The van der Waals surface area contributed by atoms with Crippen molar-refractivity contribution in [3.8, 4) is 0 Å². The van der Waals surface area contributed by atoms with Gasteiger partial charge >= 0.3 is 0 Å². The molecule has 0 amide bonds. The third-order valence-corrected chi connectivity index (χ3v) is 5.21. The van der Waals surface area contributed by atoms with Crippen LogP contribution >= 0.6 is 0 Å². The molecule has 1 aromatic carbocycles. The van der Waals surface area contributed by atoms with Crippen LogP contribution in [0.5, 0.6) is 0 Å². The third-order valence-electron chi connectivity index (χ3n) is 5.21. The minimum absolute atomic E-state index is 0.589. The van der Waals surface area contributed by atoms with Crippen LogP contribution in [-0.2, 0) is 0 Å². The lowest BCUT2D eigenvalue weighted by Crippen LogP contribution is -2.29. The first-order chi connectivity index (χ1) is 9.36. The fourth-order valence-corrected chi connectivity index (χ4v) is 3.79. The van der Waals surface area contributed by atoms with Gasteiger partial charge in [-0.1, -0.05) is 24.3 Å². The van der Waals surface area contributed by atoms with Crippen LogP contribution in [0, 0.1) is 5.92 Å². The van der Waals surface area contributed by atoms with E-state index in [1.165, 1.54) is 44.2 Å². The summed E-state index contributed by atoms with van der Waals surface area (Å²) in [5.41, 5.74) is 9.06. The van der Waals surface area contributed by atoms with E-state index in [9.17, 15) is 0 Å². The molecule has 0 aromatic heterocycles. The van der Waals surface area contributed by atoms with Gasteiger partial charge in [0.05, 0.1) is 0 Å². The van der Waals surface area contributed by atoms with Gasteiger partial charge in [-0.2, -0.15) is 0 Å². The molecule has 19 heavy (non-hydrogen) atoms. The summed E-state index contributed by atoms with van der Waals surface area (Å²) in [7, 11) is 0. The Bertz CT molecular complexity index is 445. The van der Waals surface area contributed by atoms with Crippen LogP contribution < -0.4 is 5.73 Å². The zero-order chi connectivity index (χ0) is 12.8. The normalized spacial score (nSPS) is 31.8. The summed E-state index contributed by atoms with van der Waals surface area (Å²) in [4.78, 5) is 2.73. The molecule has 3 aliphatic rings. The van der Waals surface area contributed by atoms with Gasteiger partial charge in [-0.05, 0) is 68.2 Å². The Hall–Kier alpha value is -0.860. The minimum atomic E-state index is 0.589. The highest BCUT2D eigenvalue weighted by Gasteiger charge is 2.42. The van der Waals surface area contributed by atoms with Gasteiger partial charge in [0, 0.05) is 12.1 Å². The number of hydrogen-bond acceptors (Lipinski definition) is 2. The summed E-state index contributed by atoms with van der Waals surface area (Å²) in [5.74, 6) is 1.52. The highest BCUT2D eigenvalue weighted by molar-refractivity contribution is 5.31. The van der Waals surface area contributed by atoms with Gasteiger partial charge in [0.2, 0.25) is 0 Å². The number of hydrogen-bond donors (Lipinski definition) is 1. The molecular formula is C17H24N2. The molecule has 2 saturated carbocycles. The molecule has 1 saturated heterocycles. The Kier molecular flexibility index (Phi) is 2.89. The maximum atomic E-state index is 6.01. The van der Waals surface area contributed by atoms with Gasteiger partial charge in [0.15, 0.2) is 0 Å². The van der Waals surface area contributed by atoms with E-state index in [4.69, 9.17) is 5.73 Å². The topological polar surface area (TPSA) is 29.3 Å². The van der Waals surface area contributed by atoms with Crippen LogP contribution in [0.2, 0.25) is 0 Å². The molecule has 1 heterocycles. The summed E-state index contributed by atoms with van der Waals surface area (Å²) in [5, 5.41) is 0. The van der Waals surface area contributed by atoms with Crippen LogP contribution in [0.1, 0.15) is 55.2 Å². The Morgan fingerprint density at radius 2 is 1.63 bits per heavy atom. The van der Waals surface area contributed by atoms with Crippen molar-refractivity contribution < 1.29 is 0 Å². The van der Waals surface area contributed by atoms with Gasteiger partial charge < -0.3 is 5.73 Å². The predicted octanol–water partition coefficient (Wildman–Crippen LogP) is 3.05. The fourth-order valence-electron chi connectivity index (χ4n) is 3.79. The van der Waals surface area contributed by atoms with Gasteiger partial charge in [-0.25, -0.2) is 0 Å². The summed E-state index contributed by atoms with van der Waals surface area (Å²) in [6.45, 7) is 2.08. The Balaban J connectivity index is 1.59. The van der Waals surface area contributed by atoms with Gasteiger partial charge in [-0.3, -0.25) is 4.90 Å². The molecule has 4 rings (SSSR count). The molecule has 1 aliphatic heterocycles. The molecule has 2 heteroatoms. The smallest absolute Gasteiger partial charge is 0.0391 e. The molecule has 1 aromatic rings. The zero-order valence-corrected chi connectivity index (χ0v) is 11.6. The SMILES string of the molecule is NCC1CCN(C2CC2)C1c1ccc(C2CC2)cc1. The van der Waals surface area contributed by atoms with E-state index in [1.54, 1.807) is 5.56 Å². The highest BCUT2D eigenvalue weighted by atomic mass is 15.2. The van der Waals surface area contributed by atoms with Crippen molar-refractivity contribution >= 4 is 0 Å². The first kappa shape index (κ1) is 11.9. The van der Waals surface area contributed by atoms with Crippen molar-refractivity contribution in [1.82, 2.24) is 4.90 Å². The quantitative estimate of drug-likeness (QED) is 0.897. The van der Waals surface area contributed by atoms with Crippen LogP contribution in [0.4, 0.5) is 0 Å². The molecule has 0 radical (unpaired) electrons. The number of rotatable bonds is 4. The minimum Gasteiger partial charge on any atom is -0.330 e. The summed E-state index contributed by atoms with van der Waals surface area (Å²) < 4.78 is 0. The van der Waals surface area contributed by atoms with Crippen molar-refractivity contribution in [2.45, 2.75) is 50.1 Å². The number of nitrogens with zero attached hydrogens (tertiary/aromatic N) is 1. The molecule has 0 bridgehead atoms.